The fourth-order valence-corrected chi connectivity index (χ4v) is 2.16. The lowest BCUT2D eigenvalue weighted by Gasteiger charge is -2.14. The molecule has 4 N–H and O–H groups in total. The maximum absolute atomic E-state index is 12.2. The summed E-state index contributed by atoms with van der Waals surface area (Å²) >= 11 is 0. The van der Waals surface area contributed by atoms with Gasteiger partial charge in [0.15, 0.2) is 0 Å². The summed E-state index contributed by atoms with van der Waals surface area (Å²) in [6, 6.07) is 10.6. The normalized spacial score (nSPS) is 11.9. The molecule has 1 aromatic carbocycles. The van der Waals surface area contributed by atoms with Crippen molar-refractivity contribution in [1.29, 1.82) is 0 Å². The Labute approximate surface area is 130 Å². The summed E-state index contributed by atoms with van der Waals surface area (Å²) in [5.74, 6) is 0.147. The van der Waals surface area contributed by atoms with Crippen molar-refractivity contribution in [3.8, 4) is 5.75 Å². The van der Waals surface area contributed by atoms with E-state index in [1.807, 2.05) is 19.1 Å². The van der Waals surface area contributed by atoms with Gasteiger partial charge in [-0.05, 0) is 49.6 Å². The lowest BCUT2D eigenvalue weighted by atomic mass is 10.1. The Balaban J connectivity index is 1.86. The Morgan fingerprint density at radius 3 is 2.73 bits per heavy atom. The second kappa shape index (κ2) is 7.56. The molecule has 0 saturated carbocycles. The Kier molecular flexibility index (Phi) is 5.49. The third-order valence-electron chi connectivity index (χ3n) is 3.47. The molecule has 2 aromatic rings. The highest BCUT2D eigenvalue weighted by Gasteiger charge is 2.10. The van der Waals surface area contributed by atoms with E-state index in [1.165, 1.54) is 0 Å². The number of carbonyl (C=O) groups excluding carboxylic acids is 1. The van der Waals surface area contributed by atoms with Crippen molar-refractivity contribution in [3.05, 3.63) is 59.4 Å². The molecule has 1 atom stereocenters. The molecule has 0 bridgehead atoms. The second-order valence-corrected chi connectivity index (χ2v) is 5.32. The zero-order valence-corrected chi connectivity index (χ0v) is 12.6. The first-order valence-electron chi connectivity index (χ1n) is 7.32. The van der Waals surface area contributed by atoms with E-state index in [1.54, 1.807) is 30.5 Å². The summed E-state index contributed by atoms with van der Waals surface area (Å²) in [7, 11) is 0. The maximum Gasteiger partial charge on any atom is 0.251 e. The van der Waals surface area contributed by atoms with Gasteiger partial charge in [-0.3, -0.25) is 9.78 Å². The Hall–Kier alpha value is -2.40. The van der Waals surface area contributed by atoms with Gasteiger partial charge < -0.3 is 16.2 Å². The zero-order chi connectivity index (χ0) is 15.9. The number of carbonyl (C=O) groups is 1. The first-order chi connectivity index (χ1) is 10.6. The number of pyridine rings is 1. The number of benzene rings is 1. The number of amides is 1. The quantitative estimate of drug-likeness (QED) is 0.761. The van der Waals surface area contributed by atoms with Crippen LogP contribution >= 0.6 is 0 Å². The Morgan fingerprint density at radius 1 is 1.32 bits per heavy atom. The molecule has 0 unspecified atom stereocenters. The van der Waals surface area contributed by atoms with Crippen molar-refractivity contribution in [1.82, 2.24) is 10.3 Å². The van der Waals surface area contributed by atoms with E-state index >= 15 is 0 Å². The van der Waals surface area contributed by atoms with Gasteiger partial charge in [0.25, 0.3) is 5.91 Å². The maximum atomic E-state index is 12.2. The van der Waals surface area contributed by atoms with Gasteiger partial charge in [-0.15, -0.1) is 0 Å². The van der Waals surface area contributed by atoms with Crippen molar-refractivity contribution < 1.29 is 9.90 Å². The van der Waals surface area contributed by atoms with Crippen LogP contribution in [0.25, 0.3) is 0 Å². The third kappa shape index (κ3) is 4.56. The van der Waals surface area contributed by atoms with Crippen LogP contribution in [0.3, 0.4) is 0 Å². The number of aromatic nitrogens is 1. The van der Waals surface area contributed by atoms with E-state index in [4.69, 9.17) is 5.73 Å². The Bertz CT molecular complexity index is 626. The van der Waals surface area contributed by atoms with E-state index in [0.29, 0.717) is 17.8 Å². The van der Waals surface area contributed by atoms with Gasteiger partial charge in [0.05, 0.1) is 5.69 Å². The summed E-state index contributed by atoms with van der Waals surface area (Å²) in [6.07, 6.45) is 3.26. The molecule has 5 nitrogen and oxygen atoms in total. The number of phenols is 1. The highest BCUT2D eigenvalue weighted by atomic mass is 16.3. The summed E-state index contributed by atoms with van der Waals surface area (Å²) in [5, 5.41) is 12.2. The fraction of sp³-hybridized carbons (Fsp3) is 0.294. The van der Waals surface area contributed by atoms with Crippen molar-refractivity contribution in [3.63, 3.8) is 0 Å². The van der Waals surface area contributed by atoms with E-state index in [0.717, 1.165) is 18.4 Å². The number of nitrogens with one attached hydrogen (secondary N) is 1. The number of nitrogens with zero attached hydrogens (tertiary/aromatic N) is 1. The average Bonchev–Trinajstić information content (AvgIpc) is 2.54. The minimum absolute atomic E-state index is 0.0517. The standard InChI is InChI=1S/C17H21N3O2/c1-12(2-3-13-4-6-16(21)7-5-13)20-17(22)14-8-9-19-15(10-14)11-18/h4-10,12,21H,2-3,11,18H2,1H3,(H,20,22)/t12-/m1/s1. The highest BCUT2D eigenvalue weighted by molar-refractivity contribution is 5.94. The number of hydrogen-bond donors (Lipinski definition) is 3. The summed E-state index contributed by atoms with van der Waals surface area (Å²) in [5.41, 5.74) is 7.94. The van der Waals surface area contributed by atoms with Crippen LogP contribution in [0.1, 0.15) is 35.0 Å². The molecule has 22 heavy (non-hydrogen) atoms. The summed E-state index contributed by atoms with van der Waals surface area (Å²) in [6.45, 7) is 2.29. The minimum Gasteiger partial charge on any atom is -0.508 e. The topological polar surface area (TPSA) is 88.2 Å². The predicted molar refractivity (Wildman–Crippen MR) is 85.5 cm³/mol. The van der Waals surface area contributed by atoms with Crippen LogP contribution in [0, 0.1) is 0 Å². The third-order valence-corrected chi connectivity index (χ3v) is 3.47. The van der Waals surface area contributed by atoms with Crippen LogP contribution in [0.4, 0.5) is 0 Å². The minimum atomic E-state index is -0.115. The van der Waals surface area contributed by atoms with Crippen LogP contribution in [0.5, 0.6) is 5.75 Å². The van der Waals surface area contributed by atoms with Crippen LogP contribution in [-0.2, 0) is 13.0 Å². The van der Waals surface area contributed by atoms with Crippen molar-refractivity contribution in [2.75, 3.05) is 0 Å². The number of nitrogens with two attached hydrogens (primary N) is 1. The average molecular weight is 299 g/mol. The van der Waals surface area contributed by atoms with E-state index in [-0.39, 0.29) is 17.7 Å². The van der Waals surface area contributed by atoms with Gasteiger partial charge in [0.2, 0.25) is 0 Å². The highest BCUT2D eigenvalue weighted by Crippen LogP contribution is 2.12. The van der Waals surface area contributed by atoms with Crippen LogP contribution < -0.4 is 11.1 Å². The molecular formula is C17H21N3O2. The van der Waals surface area contributed by atoms with Crippen molar-refractivity contribution >= 4 is 5.91 Å². The molecule has 1 heterocycles. The molecule has 5 heteroatoms. The monoisotopic (exact) mass is 299 g/mol. The molecule has 2 rings (SSSR count). The van der Waals surface area contributed by atoms with Crippen molar-refractivity contribution in [2.45, 2.75) is 32.4 Å². The van der Waals surface area contributed by atoms with E-state index in [2.05, 4.69) is 10.3 Å². The van der Waals surface area contributed by atoms with Gasteiger partial charge >= 0.3 is 0 Å². The van der Waals surface area contributed by atoms with Crippen molar-refractivity contribution in [2.24, 2.45) is 5.73 Å². The number of phenolic OH excluding ortho intramolecular Hbond substituents is 1. The Morgan fingerprint density at radius 2 is 2.05 bits per heavy atom. The molecule has 0 spiro atoms. The number of aryl methyl sites for hydroxylation is 1. The predicted octanol–water partition coefficient (Wildman–Crippen LogP) is 2.00. The van der Waals surface area contributed by atoms with Gasteiger partial charge in [-0.2, -0.15) is 0 Å². The molecule has 1 amide bonds. The number of aromatic hydroxyl groups is 1. The molecule has 0 aliphatic carbocycles. The second-order valence-electron chi connectivity index (χ2n) is 5.32. The largest absolute Gasteiger partial charge is 0.508 e. The number of hydrogen-bond acceptors (Lipinski definition) is 4. The van der Waals surface area contributed by atoms with Gasteiger partial charge in [-0.25, -0.2) is 0 Å². The lowest BCUT2D eigenvalue weighted by Crippen LogP contribution is -2.33. The zero-order valence-electron chi connectivity index (χ0n) is 12.6. The van der Waals surface area contributed by atoms with E-state index < -0.39 is 0 Å². The molecule has 116 valence electrons. The van der Waals surface area contributed by atoms with Crippen LogP contribution in [0.15, 0.2) is 42.6 Å². The van der Waals surface area contributed by atoms with Gasteiger partial charge in [0.1, 0.15) is 5.75 Å². The van der Waals surface area contributed by atoms with Gasteiger partial charge in [-0.1, -0.05) is 12.1 Å². The first-order valence-corrected chi connectivity index (χ1v) is 7.32. The molecule has 0 aliphatic heterocycles. The fourth-order valence-electron chi connectivity index (χ4n) is 2.16. The van der Waals surface area contributed by atoms with Gasteiger partial charge in [0, 0.05) is 24.3 Å². The SMILES string of the molecule is C[C@H](CCc1ccc(O)cc1)NC(=O)c1ccnc(CN)c1. The molecule has 0 aliphatic rings. The lowest BCUT2D eigenvalue weighted by molar-refractivity contribution is 0.0938. The molecule has 0 radical (unpaired) electrons. The van der Waals surface area contributed by atoms with Crippen LogP contribution in [-0.4, -0.2) is 22.0 Å². The summed E-state index contributed by atoms with van der Waals surface area (Å²) < 4.78 is 0. The first kappa shape index (κ1) is 16.0. The summed E-state index contributed by atoms with van der Waals surface area (Å²) in [4.78, 5) is 16.2. The molecule has 0 saturated heterocycles. The van der Waals surface area contributed by atoms with E-state index in [9.17, 15) is 9.90 Å². The van der Waals surface area contributed by atoms with Crippen LogP contribution in [0.2, 0.25) is 0 Å². The molecule has 1 aromatic heterocycles. The molecule has 0 fully saturated rings. The molecular weight excluding hydrogens is 278 g/mol. The number of rotatable bonds is 6. The smallest absolute Gasteiger partial charge is 0.251 e.